The highest BCUT2D eigenvalue weighted by atomic mass is 32.1. The first-order chi connectivity index (χ1) is 16.7. The Morgan fingerprint density at radius 1 is 0.971 bits per heavy atom. The summed E-state index contributed by atoms with van der Waals surface area (Å²) in [5.41, 5.74) is 5.48. The van der Waals surface area contributed by atoms with E-state index >= 15 is 0 Å². The van der Waals surface area contributed by atoms with Crippen LogP contribution in [0.2, 0.25) is 0 Å². The number of aryl methyl sites for hydroxylation is 1. The zero-order chi connectivity index (χ0) is 23.3. The molecule has 34 heavy (non-hydrogen) atoms. The maximum Gasteiger partial charge on any atom is 0.263 e. The number of carbonyl (C=O) groups excluding carboxylic acids is 1. The average Bonchev–Trinajstić information content (AvgIpc) is 3.47. The van der Waals surface area contributed by atoms with E-state index in [9.17, 15) is 4.79 Å². The van der Waals surface area contributed by atoms with Gasteiger partial charge in [0.15, 0.2) is 0 Å². The number of nitrogens with zero attached hydrogens (tertiary/aromatic N) is 4. The third kappa shape index (κ3) is 4.79. The van der Waals surface area contributed by atoms with Crippen LogP contribution in [0, 0.1) is 6.92 Å². The van der Waals surface area contributed by atoms with Crippen LogP contribution in [0.1, 0.15) is 26.5 Å². The van der Waals surface area contributed by atoms with Gasteiger partial charge in [0.1, 0.15) is 9.88 Å². The standard InChI is InChI=1S/C27H23N5OS/c1-19-25(34-27(30-19)23-14-8-9-15-28-23)26(33)29-16-22-18-32(17-20-10-4-2-5-11-20)31-24(22)21-12-6-3-7-13-21/h2-15,18H,16-17H2,1H3,(H,29,33). The normalized spacial score (nSPS) is 10.9. The third-order valence-electron chi connectivity index (χ3n) is 5.40. The molecule has 0 spiro atoms. The van der Waals surface area contributed by atoms with Crippen LogP contribution < -0.4 is 5.32 Å². The van der Waals surface area contributed by atoms with Gasteiger partial charge in [0.2, 0.25) is 0 Å². The number of thiazole rings is 1. The smallest absolute Gasteiger partial charge is 0.263 e. The van der Waals surface area contributed by atoms with Crippen molar-refractivity contribution >= 4 is 17.2 Å². The Hall–Kier alpha value is -4.10. The minimum Gasteiger partial charge on any atom is -0.347 e. The maximum absolute atomic E-state index is 13.0. The van der Waals surface area contributed by atoms with Gasteiger partial charge < -0.3 is 5.32 Å². The van der Waals surface area contributed by atoms with E-state index in [0.29, 0.717) is 23.7 Å². The maximum atomic E-state index is 13.0. The molecule has 2 aromatic carbocycles. The second kappa shape index (κ2) is 9.80. The van der Waals surface area contributed by atoms with E-state index < -0.39 is 0 Å². The van der Waals surface area contributed by atoms with Crippen LogP contribution in [0.3, 0.4) is 0 Å². The molecule has 168 valence electrons. The van der Waals surface area contributed by atoms with Crippen molar-refractivity contribution in [2.24, 2.45) is 0 Å². The van der Waals surface area contributed by atoms with Crippen LogP contribution in [0.15, 0.2) is 91.3 Å². The Morgan fingerprint density at radius 2 is 1.71 bits per heavy atom. The van der Waals surface area contributed by atoms with E-state index in [-0.39, 0.29) is 5.91 Å². The molecular formula is C27H23N5OS. The quantitative estimate of drug-likeness (QED) is 0.351. The van der Waals surface area contributed by atoms with E-state index in [4.69, 9.17) is 5.10 Å². The van der Waals surface area contributed by atoms with Crippen LogP contribution in [-0.2, 0) is 13.1 Å². The molecule has 0 aliphatic rings. The largest absolute Gasteiger partial charge is 0.347 e. The molecule has 0 saturated carbocycles. The summed E-state index contributed by atoms with van der Waals surface area (Å²) in [4.78, 5) is 22.5. The van der Waals surface area contributed by atoms with Crippen molar-refractivity contribution in [3.05, 3.63) is 113 Å². The molecule has 5 rings (SSSR count). The zero-order valence-electron chi connectivity index (χ0n) is 18.7. The van der Waals surface area contributed by atoms with Crippen molar-refractivity contribution in [3.63, 3.8) is 0 Å². The molecular weight excluding hydrogens is 442 g/mol. The number of nitrogens with one attached hydrogen (secondary N) is 1. The van der Waals surface area contributed by atoms with Crippen LogP contribution >= 0.6 is 11.3 Å². The van der Waals surface area contributed by atoms with E-state index in [1.807, 2.05) is 84.5 Å². The molecule has 0 atom stereocenters. The van der Waals surface area contributed by atoms with Gasteiger partial charge in [0.05, 0.1) is 23.6 Å². The number of carbonyl (C=O) groups is 1. The van der Waals surface area contributed by atoms with Crippen LogP contribution in [0.5, 0.6) is 0 Å². The first kappa shape index (κ1) is 21.7. The van der Waals surface area contributed by atoms with Gasteiger partial charge in [-0.25, -0.2) is 4.98 Å². The van der Waals surface area contributed by atoms with E-state index in [1.54, 1.807) is 6.20 Å². The van der Waals surface area contributed by atoms with Crippen molar-refractivity contribution in [1.82, 2.24) is 25.1 Å². The van der Waals surface area contributed by atoms with E-state index in [1.165, 1.54) is 16.9 Å². The summed E-state index contributed by atoms with van der Waals surface area (Å²) >= 11 is 1.36. The second-order valence-electron chi connectivity index (χ2n) is 7.88. The summed E-state index contributed by atoms with van der Waals surface area (Å²) in [6.45, 7) is 2.88. The lowest BCUT2D eigenvalue weighted by atomic mass is 10.1. The number of rotatable bonds is 7. The van der Waals surface area contributed by atoms with Crippen molar-refractivity contribution in [3.8, 4) is 22.0 Å². The van der Waals surface area contributed by atoms with Gasteiger partial charge in [0, 0.05) is 30.1 Å². The molecule has 0 aliphatic heterocycles. The highest BCUT2D eigenvalue weighted by molar-refractivity contribution is 7.17. The molecule has 3 aromatic heterocycles. The monoisotopic (exact) mass is 465 g/mol. The first-order valence-electron chi connectivity index (χ1n) is 11.0. The number of hydrogen-bond acceptors (Lipinski definition) is 5. The van der Waals surface area contributed by atoms with Crippen molar-refractivity contribution in [2.75, 3.05) is 0 Å². The summed E-state index contributed by atoms with van der Waals surface area (Å²) in [6, 6.07) is 25.9. The summed E-state index contributed by atoms with van der Waals surface area (Å²) in [6.07, 6.45) is 3.73. The molecule has 7 heteroatoms. The van der Waals surface area contributed by atoms with E-state index in [0.717, 1.165) is 27.5 Å². The molecule has 6 nitrogen and oxygen atoms in total. The minimum atomic E-state index is -0.146. The predicted octanol–water partition coefficient (Wildman–Crippen LogP) is 5.36. The number of aromatic nitrogens is 4. The number of benzene rings is 2. The Labute approximate surface area is 202 Å². The SMILES string of the molecule is Cc1nc(-c2ccccn2)sc1C(=O)NCc1cn(Cc2ccccc2)nc1-c1ccccc1. The summed E-state index contributed by atoms with van der Waals surface area (Å²) in [5.74, 6) is -0.146. The third-order valence-corrected chi connectivity index (χ3v) is 6.58. The highest BCUT2D eigenvalue weighted by Crippen LogP contribution is 2.27. The van der Waals surface area contributed by atoms with Crippen LogP contribution in [0.25, 0.3) is 22.0 Å². The molecule has 0 aliphatic carbocycles. The molecule has 0 fully saturated rings. The molecule has 3 heterocycles. The van der Waals surface area contributed by atoms with Gasteiger partial charge >= 0.3 is 0 Å². The zero-order valence-corrected chi connectivity index (χ0v) is 19.5. The fourth-order valence-electron chi connectivity index (χ4n) is 3.74. The lowest BCUT2D eigenvalue weighted by Crippen LogP contribution is -2.22. The summed E-state index contributed by atoms with van der Waals surface area (Å²) in [5, 5.41) is 8.64. The fourth-order valence-corrected chi connectivity index (χ4v) is 4.70. The second-order valence-corrected chi connectivity index (χ2v) is 8.88. The Morgan fingerprint density at radius 3 is 2.44 bits per heavy atom. The first-order valence-corrected chi connectivity index (χ1v) is 11.8. The molecule has 0 bridgehead atoms. The molecule has 1 amide bonds. The topological polar surface area (TPSA) is 72.7 Å². The summed E-state index contributed by atoms with van der Waals surface area (Å²) in [7, 11) is 0. The van der Waals surface area contributed by atoms with Gasteiger partial charge in [-0.1, -0.05) is 66.7 Å². The van der Waals surface area contributed by atoms with Gasteiger partial charge in [-0.3, -0.25) is 14.5 Å². The molecule has 0 radical (unpaired) electrons. The molecule has 5 aromatic rings. The van der Waals surface area contributed by atoms with Crippen molar-refractivity contribution < 1.29 is 4.79 Å². The highest BCUT2D eigenvalue weighted by Gasteiger charge is 2.18. The number of amides is 1. The Kier molecular flexibility index (Phi) is 6.27. The van der Waals surface area contributed by atoms with Gasteiger partial charge in [-0.15, -0.1) is 11.3 Å². The van der Waals surface area contributed by atoms with E-state index in [2.05, 4.69) is 27.4 Å². The predicted molar refractivity (Wildman–Crippen MR) is 134 cm³/mol. The Bertz CT molecular complexity index is 1400. The molecule has 0 saturated heterocycles. The average molecular weight is 466 g/mol. The minimum absolute atomic E-state index is 0.146. The van der Waals surface area contributed by atoms with Crippen LogP contribution in [0.4, 0.5) is 0 Å². The van der Waals surface area contributed by atoms with Gasteiger partial charge in [0.25, 0.3) is 5.91 Å². The van der Waals surface area contributed by atoms with Crippen molar-refractivity contribution in [1.29, 1.82) is 0 Å². The Balaban J connectivity index is 1.37. The fraction of sp³-hybridized carbons (Fsp3) is 0.111. The van der Waals surface area contributed by atoms with Gasteiger partial charge in [-0.2, -0.15) is 5.10 Å². The van der Waals surface area contributed by atoms with Gasteiger partial charge in [-0.05, 0) is 24.6 Å². The summed E-state index contributed by atoms with van der Waals surface area (Å²) < 4.78 is 1.93. The molecule has 0 unspecified atom stereocenters. The molecule has 1 N–H and O–H groups in total. The van der Waals surface area contributed by atoms with Crippen LogP contribution in [-0.4, -0.2) is 25.7 Å². The number of hydrogen-bond donors (Lipinski definition) is 1. The lowest BCUT2D eigenvalue weighted by Gasteiger charge is -2.05. The number of pyridine rings is 1. The lowest BCUT2D eigenvalue weighted by molar-refractivity contribution is 0.0954. The van der Waals surface area contributed by atoms with Crippen molar-refractivity contribution in [2.45, 2.75) is 20.0 Å².